The van der Waals surface area contributed by atoms with Crippen molar-refractivity contribution < 1.29 is 9.18 Å². The van der Waals surface area contributed by atoms with E-state index in [1.807, 2.05) is 6.92 Å². The first-order valence-electron chi connectivity index (χ1n) is 5.30. The summed E-state index contributed by atoms with van der Waals surface area (Å²) in [6, 6.07) is 4.22. The molecule has 2 rings (SSSR count). The number of halogens is 1. The number of rotatable bonds is 2. The first-order valence-corrected chi connectivity index (χ1v) is 5.30. The molecule has 0 fully saturated rings. The van der Waals surface area contributed by atoms with Crippen LogP contribution in [0.4, 0.5) is 4.39 Å². The van der Waals surface area contributed by atoms with Gasteiger partial charge in [-0.15, -0.1) is 0 Å². The van der Waals surface area contributed by atoms with Gasteiger partial charge in [-0.3, -0.25) is 9.48 Å². The monoisotopic (exact) mass is 232 g/mol. The Morgan fingerprint density at radius 3 is 2.59 bits per heavy atom. The molecule has 1 aromatic carbocycles. The molecule has 0 radical (unpaired) electrons. The molecule has 2 aromatic rings. The molecule has 0 saturated carbocycles. The summed E-state index contributed by atoms with van der Waals surface area (Å²) in [6.45, 7) is 3.60. The summed E-state index contributed by atoms with van der Waals surface area (Å²) >= 11 is 0. The van der Waals surface area contributed by atoms with E-state index in [9.17, 15) is 9.18 Å². The van der Waals surface area contributed by atoms with Crippen molar-refractivity contribution in [2.24, 2.45) is 7.05 Å². The third kappa shape index (κ3) is 1.98. The topological polar surface area (TPSA) is 34.9 Å². The second-order valence-electron chi connectivity index (χ2n) is 4.06. The summed E-state index contributed by atoms with van der Waals surface area (Å²) in [5.74, 6) is -0.590. The first-order chi connectivity index (χ1) is 8.00. The highest BCUT2D eigenvalue weighted by molar-refractivity contribution is 6.10. The Morgan fingerprint density at radius 2 is 2.00 bits per heavy atom. The van der Waals surface area contributed by atoms with Gasteiger partial charge in [0.15, 0.2) is 5.78 Å². The summed E-state index contributed by atoms with van der Waals surface area (Å²) in [5.41, 5.74) is 2.45. The van der Waals surface area contributed by atoms with Gasteiger partial charge >= 0.3 is 0 Å². The number of benzene rings is 1. The Balaban J connectivity index is 2.51. The lowest BCUT2D eigenvalue weighted by atomic mass is 9.99. The van der Waals surface area contributed by atoms with Crippen LogP contribution < -0.4 is 0 Å². The minimum atomic E-state index is -0.402. The van der Waals surface area contributed by atoms with Crippen LogP contribution in [-0.4, -0.2) is 15.6 Å². The largest absolute Gasteiger partial charge is 0.288 e. The van der Waals surface area contributed by atoms with E-state index in [-0.39, 0.29) is 5.78 Å². The zero-order valence-electron chi connectivity index (χ0n) is 9.99. The molecule has 0 N–H and O–H groups in total. The zero-order valence-corrected chi connectivity index (χ0v) is 9.99. The van der Waals surface area contributed by atoms with E-state index in [0.717, 1.165) is 11.3 Å². The summed E-state index contributed by atoms with van der Waals surface area (Å²) < 4.78 is 14.8. The molecule has 0 aliphatic rings. The van der Waals surface area contributed by atoms with Gasteiger partial charge in [0.05, 0.1) is 11.8 Å². The lowest BCUT2D eigenvalue weighted by Crippen LogP contribution is -2.06. The number of aryl methyl sites for hydroxylation is 2. The van der Waals surface area contributed by atoms with E-state index in [4.69, 9.17) is 0 Å². The van der Waals surface area contributed by atoms with Crippen molar-refractivity contribution in [2.45, 2.75) is 13.8 Å². The zero-order chi connectivity index (χ0) is 12.6. The third-order valence-electron chi connectivity index (χ3n) is 2.92. The highest BCUT2D eigenvalue weighted by Crippen LogP contribution is 2.17. The number of carbonyl (C=O) groups is 1. The minimum Gasteiger partial charge on any atom is -0.288 e. The molecule has 0 atom stereocenters. The quantitative estimate of drug-likeness (QED) is 0.745. The van der Waals surface area contributed by atoms with Crippen LogP contribution in [0.3, 0.4) is 0 Å². The molecule has 3 nitrogen and oxygen atoms in total. The van der Waals surface area contributed by atoms with E-state index in [1.54, 1.807) is 24.7 Å². The summed E-state index contributed by atoms with van der Waals surface area (Å²) in [4.78, 5) is 12.2. The van der Waals surface area contributed by atoms with Crippen molar-refractivity contribution in [3.05, 3.63) is 52.6 Å². The van der Waals surface area contributed by atoms with Crippen molar-refractivity contribution in [2.75, 3.05) is 0 Å². The van der Waals surface area contributed by atoms with Crippen molar-refractivity contribution in [3.63, 3.8) is 0 Å². The maximum atomic E-state index is 13.2. The van der Waals surface area contributed by atoms with Gasteiger partial charge in [0.1, 0.15) is 5.82 Å². The molecule has 0 unspecified atom stereocenters. The maximum Gasteiger partial charge on any atom is 0.196 e. The van der Waals surface area contributed by atoms with Crippen molar-refractivity contribution in [1.29, 1.82) is 0 Å². The van der Waals surface area contributed by atoms with Crippen LogP contribution in [0.15, 0.2) is 24.4 Å². The molecule has 17 heavy (non-hydrogen) atoms. The van der Waals surface area contributed by atoms with Crippen LogP contribution >= 0.6 is 0 Å². The van der Waals surface area contributed by atoms with Gasteiger partial charge in [-0.05, 0) is 31.5 Å². The van der Waals surface area contributed by atoms with E-state index < -0.39 is 5.82 Å². The third-order valence-corrected chi connectivity index (χ3v) is 2.92. The van der Waals surface area contributed by atoms with Gasteiger partial charge in [0.2, 0.25) is 0 Å². The van der Waals surface area contributed by atoms with Gasteiger partial charge in [-0.25, -0.2) is 4.39 Å². The summed E-state index contributed by atoms with van der Waals surface area (Å²) in [6.07, 6.45) is 1.52. The smallest absolute Gasteiger partial charge is 0.196 e. The summed E-state index contributed by atoms with van der Waals surface area (Å²) in [5, 5.41) is 4.02. The van der Waals surface area contributed by atoms with Crippen LogP contribution in [0.5, 0.6) is 0 Å². The Hall–Kier alpha value is -1.97. The van der Waals surface area contributed by atoms with Crippen LogP contribution in [0.1, 0.15) is 27.2 Å². The van der Waals surface area contributed by atoms with E-state index >= 15 is 0 Å². The molecule has 0 amide bonds. The van der Waals surface area contributed by atoms with Gasteiger partial charge < -0.3 is 0 Å². The lowest BCUT2D eigenvalue weighted by molar-refractivity contribution is 0.103. The van der Waals surface area contributed by atoms with Crippen LogP contribution in [0.2, 0.25) is 0 Å². The van der Waals surface area contributed by atoms with Gasteiger partial charge in [-0.2, -0.15) is 5.10 Å². The molecule has 88 valence electrons. The molecule has 1 aromatic heterocycles. The normalized spacial score (nSPS) is 10.6. The Kier molecular flexibility index (Phi) is 2.79. The van der Waals surface area contributed by atoms with Gasteiger partial charge in [0, 0.05) is 18.3 Å². The van der Waals surface area contributed by atoms with Gasteiger partial charge in [-0.1, -0.05) is 6.07 Å². The second kappa shape index (κ2) is 4.13. The molecular formula is C13H13FN2O. The van der Waals surface area contributed by atoms with Crippen LogP contribution in [0.25, 0.3) is 0 Å². The number of aromatic nitrogens is 2. The van der Waals surface area contributed by atoms with Crippen molar-refractivity contribution in [1.82, 2.24) is 9.78 Å². The van der Waals surface area contributed by atoms with Gasteiger partial charge in [0.25, 0.3) is 0 Å². The first kappa shape index (κ1) is 11.5. The maximum absolute atomic E-state index is 13.2. The fraction of sp³-hybridized carbons (Fsp3) is 0.231. The Bertz CT molecular complexity index is 587. The average molecular weight is 232 g/mol. The molecule has 0 aliphatic carbocycles. The van der Waals surface area contributed by atoms with Crippen molar-refractivity contribution in [3.8, 4) is 0 Å². The van der Waals surface area contributed by atoms with E-state index in [2.05, 4.69) is 5.10 Å². The lowest BCUT2D eigenvalue weighted by Gasteiger charge is -2.04. The molecule has 0 spiro atoms. The number of hydrogen-bond acceptors (Lipinski definition) is 2. The number of carbonyl (C=O) groups excluding carboxylic acids is 1. The number of nitrogens with zero attached hydrogens (tertiary/aromatic N) is 2. The molecule has 0 aliphatic heterocycles. The SMILES string of the molecule is Cc1ccc(F)cc1C(=O)c1cnn(C)c1C. The second-order valence-corrected chi connectivity index (χ2v) is 4.06. The fourth-order valence-electron chi connectivity index (χ4n) is 1.71. The van der Waals surface area contributed by atoms with Crippen LogP contribution in [0, 0.1) is 19.7 Å². The number of ketones is 1. The molecular weight excluding hydrogens is 219 g/mol. The minimum absolute atomic E-state index is 0.187. The fourth-order valence-corrected chi connectivity index (χ4v) is 1.71. The predicted octanol–water partition coefficient (Wildman–Crippen LogP) is 2.41. The molecule has 0 saturated heterocycles. The van der Waals surface area contributed by atoms with Crippen molar-refractivity contribution >= 4 is 5.78 Å². The highest BCUT2D eigenvalue weighted by atomic mass is 19.1. The molecule has 1 heterocycles. The molecule has 0 bridgehead atoms. The number of hydrogen-bond donors (Lipinski definition) is 0. The average Bonchev–Trinajstić information content (AvgIpc) is 2.62. The highest BCUT2D eigenvalue weighted by Gasteiger charge is 2.17. The van der Waals surface area contributed by atoms with E-state index in [0.29, 0.717) is 11.1 Å². The Morgan fingerprint density at radius 1 is 1.29 bits per heavy atom. The van der Waals surface area contributed by atoms with Crippen LogP contribution in [-0.2, 0) is 7.05 Å². The standard InChI is InChI=1S/C13H13FN2O/c1-8-4-5-10(14)6-11(8)13(17)12-7-15-16(3)9(12)2/h4-7H,1-3H3. The Labute approximate surface area is 98.9 Å². The van der Waals surface area contributed by atoms with E-state index in [1.165, 1.54) is 18.3 Å². The molecule has 4 heteroatoms. The summed E-state index contributed by atoms with van der Waals surface area (Å²) in [7, 11) is 1.77. The predicted molar refractivity (Wildman–Crippen MR) is 62.5 cm³/mol.